The van der Waals surface area contributed by atoms with Crippen molar-refractivity contribution in [2.24, 2.45) is 10.3 Å². The summed E-state index contributed by atoms with van der Waals surface area (Å²) in [5, 5.41) is 10.9. The van der Waals surface area contributed by atoms with Crippen molar-refractivity contribution in [3.05, 3.63) is 234 Å². The van der Waals surface area contributed by atoms with Gasteiger partial charge in [-0.1, -0.05) is 117 Å². The van der Waals surface area contributed by atoms with E-state index in [0.29, 0.717) is 154 Å². The van der Waals surface area contributed by atoms with E-state index < -0.39 is 47.9 Å². The van der Waals surface area contributed by atoms with Gasteiger partial charge in [-0.2, -0.15) is 0 Å². The maximum Gasteiger partial charge on any atom is 0.337 e. The Morgan fingerprint density at radius 2 is 0.616 bits per heavy atom. The first-order chi connectivity index (χ1) is 41.8. The van der Waals surface area contributed by atoms with E-state index in [1.54, 1.807) is 109 Å². The third kappa shape index (κ3) is 9.41. The van der Waals surface area contributed by atoms with E-state index >= 15 is 0 Å². The summed E-state index contributed by atoms with van der Waals surface area (Å²) < 4.78 is 20.5. The number of benzene rings is 6. The van der Waals surface area contributed by atoms with Crippen LogP contribution in [-0.4, -0.2) is 83.7 Å². The predicted octanol–water partition coefficient (Wildman–Crippen LogP) is 15.3. The van der Waals surface area contributed by atoms with Crippen LogP contribution in [0.15, 0.2) is 168 Å². The minimum Gasteiger partial charge on any atom is -0.465 e. The monoisotopic (exact) mass is 1220 g/mol. The normalized spacial score (nSPS) is 16.4. The maximum absolute atomic E-state index is 13.0. The Balaban J connectivity index is 1.23. The minimum atomic E-state index is -0.944. The average molecular weight is 1220 g/mol. The van der Waals surface area contributed by atoms with Gasteiger partial charge in [0.1, 0.15) is 11.4 Å². The molecule has 0 fully saturated rings. The molecular formula is C66H44Cl4N6O10. The summed E-state index contributed by atoms with van der Waals surface area (Å²) in [6.07, 6.45) is -1.89. The number of fused-ring (bicyclic) bond motifs is 14. The highest BCUT2D eigenvalue weighted by molar-refractivity contribution is 6.41. The molecule has 4 aliphatic heterocycles. The summed E-state index contributed by atoms with van der Waals surface area (Å²) in [4.78, 5) is 84.3. The Morgan fingerprint density at radius 1 is 0.360 bits per heavy atom. The number of esters is 4. The number of aromatic nitrogens is 4. The molecule has 13 rings (SSSR count). The van der Waals surface area contributed by atoms with Crippen molar-refractivity contribution in [2.75, 3.05) is 28.4 Å². The number of aromatic amines is 2. The molecule has 0 spiro atoms. The molecule has 16 nitrogen and oxygen atoms in total. The van der Waals surface area contributed by atoms with Crippen LogP contribution in [0.1, 0.15) is 99.4 Å². The second-order valence-corrected chi connectivity index (χ2v) is 21.9. The average Bonchev–Trinajstić information content (AvgIpc) is 1.71. The maximum atomic E-state index is 13.0. The number of H-pyrrole nitrogens is 2. The lowest BCUT2D eigenvalue weighted by Crippen LogP contribution is -2.14. The highest BCUT2D eigenvalue weighted by Gasteiger charge is 2.49. The molecule has 0 saturated heterocycles. The van der Waals surface area contributed by atoms with Gasteiger partial charge in [0.2, 0.25) is 0 Å². The van der Waals surface area contributed by atoms with Crippen molar-refractivity contribution < 1.29 is 47.8 Å². The number of hydrogen-bond acceptors (Lipinski definition) is 14. The molecule has 0 amide bonds. The van der Waals surface area contributed by atoms with Gasteiger partial charge >= 0.3 is 23.9 Å². The lowest BCUT2D eigenvalue weighted by Gasteiger charge is -2.17. The van der Waals surface area contributed by atoms with Crippen LogP contribution in [0.25, 0.3) is 66.6 Å². The fraction of sp³-hybridized carbons (Fsp3) is 0.121. The smallest absolute Gasteiger partial charge is 0.337 e. The highest BCUT2D eigenvalue weighted by Crippen LogP contribution is 2.55. The summed E-state index contributed by atoms with van der Waals surface area (Å²) in [5.41, 5.74) is 11.6. The molecule has 7 heterocycles. The molecule has 4 atom stereocenters. The van der Waals surface area contributed by atoms with Gasteiger partial charge in [0.05, 0.1) is 105 Å². The Hall–Kier alpha value is -9.58. The summed E-state index contributed by atoms with van der Waals surface area (Å²) in [5.74, 6) is -3.75. The van der Waals surface area contributed by atoms with Crippen molar-refractivity contribution in [3.8, 4) is 44.5 Å². The van der Waals surface area contributed by atoms with Crippen LogP contribution in [0, 0.1) is 0 Å². The van der Waals surface area contributed by atoms with Gasteiger partial charge < -0.3 is 38.6 Å². The number of ether oxygens (including phenoxy) is 4. The number of rotatable bonds is 10. The lowest BCUT2D eigenvalue weighted by molar-refractivity contribution is 0.0592. The third-order valence-corrected chi connectivity index (χ3v) is 16.9. The Bertz CT molecular complexity index is 4230. The predicted molar refractivity (Wildman–Crippen MR) is 327 cm³/mol. The highest BCUT2D eigenvalue weighted by atomic mass is 35.5. The zero-order valence-corrected chi connectivity index (χ0v) is 48.7. The van der Waals surface area contributed by atoms with E-state index in [-0.39, 0.29) is 0 Å². The molecule has 3 aromatic heterocycles. The molecule has 0 aliphatic carbocycles. The van der Waals surface area contributed by atoms with Crippen LogP contribution < -0.4 is 0 Å². The molecule has 86 heavy (non-hydrogen) atoms. The van der Waals surface area contributed by atoms with Crippen molar-refractivity contribution in [1.82, 2.24) is 19.9 Å². The zero-order valence-electron chi connectivity index (χ0n) is 45.7. The van der Waals surface area contributed by atoms with Gasteiger partial charge in [-0.15, -0.1) is 0 Å². The Labute approximate surface area is 509 Å². The number of nitrogens with one attached hydrogen (secondary N) is 2. The number of oxime groups is 2. The van der Waals surface area contributed by atoms with Gasteiger partial charge in [0.15, 0.2) is 12.2 Å². The topological polar surface area (TPSA) is 206 Å². The summed E-state index contributed by atoms with van der Waals surface area (Å²) >= 11 is 28.4. The van der Waals surface area contributed by atoms with Gasteiger partial charge in [0.25, 0.3) is 0 Å². The number of halogens is 4. The molecule has 8 bridgehead atoms. The molecule has 20 heteroatoms. The molecule has 2 N–H and O–H groups in total. The number of carbonyl (C=O) groups excluding carboxylic acids is 4. The van der Waals surface area contributed by atoms with Crippen LogP contribution in [0.3, 0.4) is 0 Å². The summed E-state index contributed by atoms with van der Waals surface area (Å²) in [6.45, 7) is 0. The molecule has 9 aromatic rings. The number of carbonyl (C=O) groups is 4. The van der Waals surface area contributed by atoms with E-state index in [2.05, 4.69) is 9.97 Å². The molecule has 6 aromatic carbocycles. The molecular weight excluding hydrogens is 1180 g/mol. The van der Waals surface area contributed by atoms with Crippen LogP contribution in [0.4, 0.5) is 0 Å². The second-order valence-electron chi connectivity index (χ2n) is 20.3. The molecule has 4 aliphatic rings. The molecule has 0 radical (unpaired) electrons. The van der Waals surface area contributed by atoms with Crippen molar-refractivity contribution >= 4 is 104 Å². The van der Waals surface area contributed by atoms with E-state index in [1.165, 1.54) is 28.4 Å². The quantitative estimate of drug-likeness (QED) is 0.0969. The SMILES string of the molecule is COC(=O)c1ccc(-c2c3nc(c(-c4ccc(C(=O)OC)cc4)c4ccc([nH]4)c(-c4ccc(C(=O)OC)cc4)c4nc(c(-c5ccc(C(=O)OC)cc5)c5ccc2[nH]5)[C@@H]2C(c5c(Cl)cccc5Cl)=NO[C@H]42)[C@@H]2C(c4c(Cl)cccc4Cl)=NO[C@H]32)cc1. The first kappa shape index (κ1) is 55.6. The van der Waals surface area contributed by atoms with Crippen LogP contribution in [0.2, 0.25) is 20.1 Å². The fourth-order valence-corrected chi connectivity index (χ4v) is 12.8. The largest absolute Gasteiger partial charge is 0.465 e. The lowest BCUT2D eigenvalue weighted by atomic mass is 9.85. The van der Waals surface area contributed by atoms with Crippen LogP contribution >= 0.6 is 46.4 Å². The first-order valence-electron chi connectivity index (χ1n) is 26.7. The Morgan fingerprint density at radius 3 is 0.872 bits per heavy atom. The van der Waals surface area contributed by atoms with Crippen molar-refractivity contribution in [3.63, 3.8) is 0 Å². The van der Waals surface area contributed by atoms with Crippen molar-refractivity contribution in [2.45, 2.75) is 24.0 Å². The summed E-state index contributed by atoms with van der Waals surface area (Å²) in [7, 11) is 5.26. The van der Waals surface area contributed by atoms with E-state index in [9.17, 15) is 19.2 Å². The standard InChI is InChI=1S/C66H44Cl4N6O10/c1-81-63(77)35-19-11-31(12-20-35)47-43-27-29-45(71-43)49(33-15-23-37(24-16-33)65(79)83-3)60-62-54(58(76-86-62)52-41(69)9-6-10-42(52)70)56(74-60)48(32-13-21-36(22-14-32)64(78)82-2)44-28-30-46(72-44)50(34-17-25-38(26-18-34)66(80)84-4)59-61-53(55(47)73-59)57(75-85-61)51-39(67)7-5-8-40(51)68/h5-30,53-54,61-62,71-72H,1-4H3/t53-,54-,61+,62+/m1/s1. The van der Waals surface area contributed by atoms with Gasteiger partial charge in [-0.3, -0.25) is 9.97 Å². The Kier molecular flexibility index (Phi) is 14.5. The van der Waals surface area contributed by atoms with Crippen LogP contribution in [-0.2, 0) is 28.6 Å². The molecule has 0 unspecified atom stereocenters. The van der Waals surface area contributed by atoms with Gasteiger partial charge in [0, 0.05) is 55.4 Å². The van der Waals surface area contributed by atoms with E-state index in [1.807, 2.05) is 48.5 Å². The summed E-state index contributed by atoms with van der Waals surface area (Å²) in [6, 6.07) is 45.8. The van der Waals surface area contributed by atoms with Gasteiger partial charge in [-0.25, -0.2) is 19.2 Å². The number of methoxy groups -OCH3 is 4. The van der Waals surface area contributed by atoms with E-state index in [4.69, 9.17) is 95.3 Å². The molecule has 0 saturated carbocycles. The number of nitrogens with zero attached hydrogens (tertiary/aromatic N) is 4. The first-order valence-corrected chi connectivity index (χ1v) is 28.2. The van der Waals surface area contributed by atoms with E-state index in [0.717, 1.165) is 0 Å². The second kappa shape index (κ2) is 22.4. The molecule has 426 valence electrons. The third-order valence-electron chi connectivity index (χ3n) is 15.6. The number of hydrogen-bond donors (Lipinski definition) is 2. The minimum absolute atomic E-state index is 0.303. The fourth-order valence-electron chi connectivity index (χ4n) is 11.6. The van der Waals surface area contributed by atoms with Crippen LogP contribution in [0.5, 0.6) is 0 Å². The van der Waals surface area contributed by atoms with Crippen molar-refractivity contribution in [1.29, 1.82) is 0 Å². The van der Waals surface area contributed by atoms with Gasteiger partial charge in [-0.05, 0) is 119 Å². The zero-order chi connectivity index (χ0) is 59.7.